The van der Waals surface area contributed by atoms with Crippen molar-refractivity contribution in [2.24, 2.45) is 0 Å². The zero-order chi connectivity index (χ0) is 16.6. The van der Waals surface area contributed by atoms with Crippen LogP contribution in [0.5, 0.6) is 0 Å². The molecule has 0 saturated carbocycles. The Hall–Kier alpha value is -2.38. The molecular weight excluding hydrogens is 334 g/mol. The Morgan fingerprint density at radius 1 is 1.13 bits per heavy atom. The van der Waals surface area contributed by atoms with Crippen molar-refractivity contribution in [3.63, 3.8) is 0 Å². The quantitative estimate of drug-likeness (QED) is 0.753. The Labute approximate surface area is 137 Å². The molecule has 2 aromatic carbocycles. The highest BCUT2D eigenvalue weighted by Gasteiger charge is 2.22. The van der Waals surface area contributed by atoms with Gasteiger partial charge in [-0.25, -0.2) is 13.2 Å². The van der Waals surface area contributed by atoms with Gasteiger partial charge in [0.25, 0.3) is 10.0 Å². The summed E-state index contributed by atoms with van der Waals surface area (Å²) in [5.74, 6) is -1.13. The zero-order valence-electron chi connectivity index (χ0n) is 12.1. The largest absolute Gasteiger partial charge is 0.477 e. The van der Waals surface area contributed by atoms with E-state index in [0.29, 0.717) is 11.3 Å². The Morgan fingerprint density at radius 3 is 2.52 bits per heavy atom. The highest BCUT2D eigenvalue weighted by molar-refractivity contribution is 7.94. The van der Waals surface area contributed by atoms with Gasteiger partial charge in [0.1, 0.15) is 9.09 Å². The molecule has 3 aromatic rings. The number of carboxylic acids is 1. The average molecular weight is 347 g/mol. The molecule has 0 aliphatic rings. The lowest BCUT2D eigenvalue weighted by Crippen LogP contribution is -2.11. The molecule has 0 bridgehead atoms. The van der Waals surface area contributed by atoms with Crippen LogP contribution in [0.1, 0.15) is 15.2 Å². The fourth-order valence-corrected chi connectivity index (χ4v) is 4.77. The van der Waals surface area contributed by atoms with Crippen molar-refractivity contribution < 1.29 is 18.3 Å². The molecule has 0 fully saturated rings. The van der Waals surface area contributed by atoms with Gasteiger partial charge in [-0.3, -0.25) is 4.72 Å². The first-order valence-electron chi connectivity index (χ1n) is 6.73. The van der Waals surface area contributed by atoms with Crippen LogP contribution >= 0.6 is 11.3 Å². The van der Waals surface area contributed by atoms with E-state index in [2.05, 4.69) is 4.72 Å². The second-order valence-electron chi connectivity index (χ2n) is 5.01. The number of hydrogen-bond donors (Lipinski definition) is 2. The number of carboxylic acid groups (broad SMARTS) is 1. The van der Waals surface area contributed by atoms with Gasteiger partial charge in [0.2, 0.25) is 0 Å². The molecule has 0 saturated heterocycles. The van der Waals surface area contributed by atoms with Gasteiger partial charge in [0, 0.05) is 5.39 Å². The molecule has 0 atom stereocenters. The number of carbonyl (C=O) groups is 1. The van der Waals surface area contributed by atoms with E-state index < -0.39 is 16.0 Å². The van der Waals surface area contributed by atoms with E-state index in [1.807, 2.05) is 30.3 Å². The van der Waals surface area contributed by atoms with Crippen LogP contribution in [0.2, 0.25) is 0 Å². The minimum atomic E-state index is -3.83. The third kappa shape index (κ3) is 2.93. The van der Waals surface area contributed by atoms with E-state index in [4.69, 9.17) is 5.11 Å². The van der Waals surface area contributed by atoms with Gasteiger partial charge in [0.05, 0.1) is 5.69 Å². The van der Waals surface area contributed by atoms with Gasteiger partial charge in [-0.05, 0) is 30.0 Å². The molecule has 5 nitrogen and oxygen atoms in total. The first-order chi connectivity index (χ1) is 10.9. The smallest absolute Gasteiger partial charge is 0.346 e. The summed E-state index contributed by atoms with van der Waals surface area (Å²) < 4.78 is 27.6. The Kier molecular flexibility index (Phi) is 3.83. The fourth-order valence-electron chi connectivity index (χ4n) is 2.31. The highest BCUT2D eigenvalue weighted by atomic mass is 32.2. The summed E-state index contributed by atoms with van der Waals surface area (Å²) in [6, 6.07) is 14.1. The van der Waals surface area contributed by atoms with Crippen LogP contribution in [0, 0.1) is 6.92 Å². The number of nitrogens with one attached hydrogen (secondary N) is 1. The third-order valence-electron chi connectivity index (χ3n) is 3.39. The van der Waals surface area contributed by atoms with Crippen LogP contribution in [-0.2, 0) is 10.0 Å². The number of aromatic carboxylic acids is 1. The summed E-state index contributed by atoms with van der Waals surface area (Å²) in [5, 5.41) is 10.8. The number of hydrogen-bond acceptors (Lipinski definition) is 4. The normalized spacial score (nSPS) is 11.5. The number of aryl methyl sites for hydroxylation is 1. The maximum atomic E-state index is 12.5. The number of fused-ring (bicyclic) bond motifs is 1. The molecule has 3 rings (SSSR count). The lowest BCUT2D eigenvalue weighted by molar-refractivity contribution is 0.0701. The minimum absolute atomic E-state index is 0.0136. The Bertz CT molecular complexity index is 1000. The number of anilines is 1. The van der Waals surface area contributed by atoms with Crippen LogP contribution in [0.15, 0.2) is 52.7 Å². The van der Waals surface area contributed by atoms with Gasteiger partial charge in [0.15, 0.2) is 0 Å². The summed E-state index contributed by atoms with van der Waals surface area (Å²) in [6.45, 7) is 1.58. The van der Waals surface area contributed by atoms with Crippen LogP contribution in [-0.4, -0.2) is 19.5 Å². The predicted octanol–water partition coefficient (Wildman–Crippen LogP) is 3.71. The van der Waals surface area contributed by atoms with Crippen molar-refractivity contribution in [1.82, 2.24) is 0 Å². The maximum Gasteiger partial charge on any atom is 0.346 e. The average Bonchev–Trinajstić information content (AvgIpc) is 2.90. The molecule has 0 aliphatic heterocycles. The SMILES string of the molecule is Cc1cc(S(=O)(=O)Nc2cccc3ccccc23)sc1C(=O)O. The zero-order valence-corrected chi connectivity index (χ0v) is 13.7. The van der Waals surface area contributed by atoms with Crippen LogP contribution < -0.4 is 4.72 Å². The molecule has 0 aliphatic carbocycles. The lowest BCUT2D eigenvalue weighted by Gasteiger charge is -2.09. The summed E-state index contributed by atoms with van der Waals surface area (Å²) in [5.41, 5.74) is 0.895. The molecule has 2 N–H and O–H groups in total. The van der Waals surface area contributed by atoms with Gasteiger partial charge < -0.3 is 5.11 Å². The van der Waals surface area contributed by atoms with E-state index >= 15 is 0 Å². The van der Waals surface area contributed by atoms with E-state index in [1.165, 1.54) is 6.07 Å². The van der Waals surface area contributed by atoms with Crippen molar-refractivity contribution in [3.8, 4) is 0 Å². The first kappa shape index (κ1) is 15.5. The summed E-state index contributed by atoms with van der Waals surface area (Å²) in [7, 11) is -3.83. The van der Waals surface area contributed by atoms with E-state index in [-0.39, 0.29) is 9.09 Å². The second kappa shape index (κ2) is 5.68. The molecule has 23 heavy (non-hydrogen) atoms. The molecule has 1 heterocycles. The monoisotopic (exact) mass is 347 g/mol. The number of sulfonamides is 1. The number of rotatable bonds is 4. The van der Waals surface area contributed by atoms with Gasteiger partial charge in [-0.15, -0.1) is 11.3 Å². The standard InChI is InChI=1S/C16H13NO4S2/c1-10-9-14(22-15(10)16(18)19)23(20,21)17-13-8-4-6-11-5-2-3-7-12(11)13/h2-9,17H,1H3,(H,18,19). The highest BCUT2D eigenvalue weighted by Crippen LogP contribution is 2.30. The molecule has 0 spiro atoms. The van der Waals surface area contributed by atoms with E-state index in [9.17, 15) is 13.2 Å². The summed E-state index contributed by atoms with van der Waals surface area (Å²) in [6.07, 6.45) is 0. The molecule has 118 valence electrons. The fraction of sp³-hybridized carbons (Fsp3) is 0.0625. The van der Waals surface area contributed by atoms with Gasteiger partial charge in [-0.2, -0.15) is 0 Å². The van der Waals surface area contributed by atoms with E-state index in [1.54, 1.807) is 19.1 Å². The van der Waals surface area contributed by atoms with Crippen molar-refractivity contribution in [2.75, 3.05) is 4.72 Å². The van der Waals surface area contributed by atoms with Crippen LogP contribution in [0.3, 0.4) is 0 Å². The molecule has 0 radical (unpaired) electrons. The molecule has 0 amide bonds. The van der Waals surface area contributed by atoms with Crippen LogP contribution in [0.25, 0.3) is 10.8 Å². The van der Waals surface area contributed by atoms with Crippen LogP contribution in [0.4, 0.5) is 5.69 Å². The Morgan fingerprint density at radius 2 is 1.83 bits per heavy atom. The predicted molar refractivity (Wildman–Crippen MR) is 90.8 cm³/mol. The van der Waals surface area contributed by atoms with Gasteiger partial charge >= 0.3 is 5.97 Å². The first-order valence-corrected chi connectivity index (χ1v) is 9.03. The number of benzene rings is 2. The summed E-state index contributed by atoms with van der Waals surface area (Å²) in [4.78, 5) is 11.1. The van der Waals surface area contributed by atoms with E-state index in [0.717, 1.165) is 22.1 Å². The molecule has 7 heteroatoms. The number of thiophene rings is 1. The molecule has 1 aromatic heterocycles. The summed E-state index contributed by atoms with van der Waals surface area (Å²) >= 11 is 0.749. The Balaban J connectivity index is 2.04. The topological polar surface area (TPSA) is 83.5 Å². The van der Waals surface area contributed by atoms with Crippen molar-refractivity contribution in [3.05, 3.63) is 59.0 Å². The maximum absolute atomic E-state index is 12.5. The van der Waals surface area contributed by atoms with Crippen molar-refractivity contribution in [1.29, 1.82) is 0 Å². The van der Waals surface area contributed by atoms with Crippen molar-refractivity contribution >= 4 is 43.8 Å². The molecular formula is C16H13NO4S2. The third-order valence-corrected chi connectivity index (χ3v) is 6.45. The molecule has 0 unspecified atom stereocenters. The minimum Gasteiger partial charge on any atom is -0.477 e. The lowest BCUT2D eigenvalue weighted by atomic mass is 10.1. The second-order valence-corrected chi connectivity index (χ2v) is 7.98. The van der Waals surface area contributed by atoms with Gasteiger partial charge in [-0.1, -0.05) is 36.4 Å². The van der Waals surface area contributed by atoms with Crippen molar-refractivity contribution in [2.45, 2.75) is 11.1 Å².